The highest BCUT2D eigenvalue weighted by Crippen LogP contribution is 2.35. The second-order valence-electron chi connectivity index (χ2n) is 5.63. The Morgan fingerprint density at radius 2 is 2.29 bits per heavy atom. The van der Waals surface area contributed by atoms with E-state index in [0.717, 1.165) is 13.0 Å². The van der Waals surface area contributed by atoms with Gasteiger partial charge in [-0.3, -0.25) is 10.1 Å². The number of aromatic amines is 1. The first kappa shape index (κ1) is 14.2. The van der Waals surface area contributed by atoms with Crippen LogP contribution in [0.15, 0.2) is 6.33 Å². The molecule has 0 spiro atoms. The maximum absolute atomic E-state index is 12.7. The zero-order chi connectivity index (χ0) is 15.0. The van der Waals surface area contributed by atoms with E-state index in [9.17, 15) is 4.79 Å². The summed E-state index contributed by atoms with van der Waals surface area (Å²) in [5, 5.41) is 6.29. The molecule has 2 aromatic rings. The zero-order valence-electron chi connectivity index (χ0n) is 11.9. The van der Waals surface area contributed by atoms with E-state index in [0.29, 0.717) is 17.7 Å². The molecular weight excluding hydrogens is 292 g/mol. The molecule has 1 aliphatic heterocycles. The first-order valence-electron chi connectivity index (χ1n) is 6.92. The number of hydrogen-bond acceptors (Lipinski definition) is 5. The summed E-state index contributed by atoms with van der Waals surface area (Å²) in [5.74, 6) is 0.335. The van der Waals surface area contributed by atoms with Crippen LogP contribution in [0.5, 0.6) is 0 Å². The van der Waals surface area contributed by atoms with Crippen LogP contribution >= 0.6 is 11.6 Å². The number of hydrogen-bond donors (Lipinski definition) is 3. The molecule has 1 amide bonds. The summed E-state index contributed by atoms with van der Waals surface area (Å²) in [6.45, 7) is 5.61. The van der Waals surface area contributed by atoms with E-state index in [1.807, 2.05) is 0 Å². The summed E-state index contributed by atoms with van der Waals surface area (Å²) in [5.41, 5.74) is 0.570. The highest BCUT2D eigenvalue weighted by Gasteiger charge is 2.44. The molecule has 1 fully saturated rings. The number of imidazole rings is 1. The lowest BCUT2D eigenvalue weighted by molar-refractivity contribution is -0.126. The molecule has 3 heterocycles. The van der Waals surface area contributed by atoms with E-state index >= 15 is 0 Å². The first-order valence-corrected chi connectivity index (χ1v) is 7.29. The Balaban J connectivity index is 1.88. The molecule has 0 saturated carbocycles. The Morgan fingerprint density at radius 1 is 1.48 bits per heavy atom. The van der Waals surface area contributed by atoms with Crippen LogP contribution in [0.1, 0.15) is 20.3 Å². The van der Waals surface area contributed by atoms with Crippen molar-refractivity contribution < 1.29 is 4.79 Å². The Hall–Kier alpha value is -1.73. The van der Waals surface area contributed by atoms with Gasteiger partial charge in [-0.05, 0) is 18.9 Å². The molecule has 1 atom stereocenters. The topological polar surface area (TPSA) is 95.6 Å². The number of H-pyrrole nitrogens is 1. The van der Waals surface area contributed by atoms with Gasteiger partial charge >= 0.3 is 0 Å². The van der Waals surface area contributed by atoms with Gasteiger partial charge in [-0.15, -0.1) is 0 Å². The number of anilines is 1. The van der Waals surface area contributed by atoms with Gasteiger partial charge in [-0.1, -0.05) is 25.4 Å². The molecule has 0 aromatic carbocycles. The third-order valence-corrected chi connectivity index (χ3v) is 4.49. The lowest BCUT2D eigenvalue weighted by Gasteiger charge is -2.30. The van der Waals surface area contributed by atoms with E-state index in [1.165, 1.54) is 6.33 Å². The number of rotatable bonds is 3. The number of halogens is 1. The van der Waals surface area contributed by atoms with E-state index < -0.39 is 5.41 Å². The van der Waals surface area contributed by atoms with Crippen LogP contribution in [0.2, 0.25) is 5.15 Å². The Kier molecular flexibility index (Phi) is 3.54. The van der Waals surface area contributed by atoms with Gasteiger partial charge in [0.2, 0.25) is 11.9 Å². The largest absolute Gasteiger partial charge is 0.341 e. The normalized spacial score (nSPS) is 22.1. The predicted molar refractivity (Wildman–Crippen MR) is 80.1 cm³/mol. The fourth-order valence-corrected chi connectivity index (χ4v) is 2.96. The van der Waals surface area contributed by atoms with Crippen molar-refractivity contribution in [3.63, 3.8) is 0 Å². The molecule has 1 aliphatic rings. The van der Waals surface area contributed by atoms with E-state index in [-0.39, 0.29) is 22.9 Å². The molecule has 8 heteroatoms. The number of carbonyl (C=O) groups excluding carboxylic acids is 1. The molecule has 3 rings (SSSR count). The van der Waals surface area contributed by atoms with Gasteiger partial charge < -0.3 is 10.3 Å². The van der Waals surface area contributed by atoms with Gasteiger partial charge in [0.15, 0.2) is 10.8 Å². The average Bonchev–Trinajstić information content (AvgIpc) is 3.08. The predicted octanol–water partition coefficient (Wildman–Crippen LogP) is 1.58. The maximum atomic E-state index is 12.7. The third kappa shape index (κ3) is 2.36. The summed E-state index contributed by atoms with van der Waals surface area (Å²) in [6.07, 6.45) is 2.29. The molecule has 21 heavy (non-hydrogen) atoms. The zero-order valence-corrected chi connectivity index (χ0v) is 12.7. The minimum absolute atomic E-state index is 0.0755. The Labute approximate surface area is 126 Å². The highest BCUT2D eigenvalue weighted by molar-refractivity contribution is 6.33. The smallest absolute Gasteiger partial charge is 0.234 e. The van der Waals surface area contributed by atoms with Gasteiger partial charge in [0, 0.05) is 6.54 Å². The Bertz CT molecular complexity index is 676. The summed E-state index contributed by atoms with van der Waals surface area (Å²) in [6, 6.07) is 0. The van der Waals surface area contributed by atoms with Crippen LogP contribution in [-0.2, 0) is 4.79 Å². The molecule has 112 valence electrons. The molecule has 0 radical (unpaired) electrons. The quantitative estimate of drug-likeness (QED) is 0.748. The SMILES string of the molecule is CC(C)C1(C(=O)Nc2nc(Cl)c3[nH]cnc3n2)CCNC1. The van der Waals surface area contributed by atoms with Gasteiger partial charge in [0.1, 0.15) is 5.52 Å². The first-order chi connectivity index (χ1) is 10.0. The van der Waals surface area contributed by atoms with Crippen LogP contribution < -0.4 is 10.6 Å². The maximum Gasteiger partial charge on any atom is 0.234 e. The summed E-state index contributed by atoms with van der Waals surface area (Å²) in [4.78, 5) is 27.9. The van der Waals surface area contributed by atoms with Crippen LogP contribution in [0.4, 0.5) is 5.95 Å². The molecule has 0 aliphatic carbocycles. The monoisotopic (exact) mass is 308 g/mol. The number of nitrogens with zero attached hydrogens (tertiary/aromatic N) is 3. The molecular formula is C13H17ClN6O. The standard InChI is InChI=1S/C13H17ClN6O/c1-7(2)13(3-4-15-5-13)11(21)20-12-18-9(14)8-10(19-12)17-6-16-8/h6-7,15H,3-5H2,1-2H3,(H2,16,17,18,19,20,21). The fraction of sp³-hybridized carbons (Fsp3) is 0.538. The number of fused-ring (bicyclic) bond motifs is 1. The van der Waals surface area contributed by atoms with Crippen LogP contribution in [0, 0.1) is 11.3 Å². The second-order valence-corrected chi connectivity index (χ2v) is 5.99. The van der Waals surface area contributed by atoms with Gasteiger partial charge in [0.25, 0.3) is 0 Å². The van der Waals surface area contributed by atoms with Crippen molar-refractivity contribution in [3.8, 4) is 0 Å². The molecule has 0 bridgehead atoms. The van der Waals surface area contributed by atoms with Crippen molar-refractivity contribution in [2.24, 2.45) is 11.3 Å². The van der Waals surface area contributed by atoms with Gasteiger partial charge in [-0.2, -0.15) is 9.97 Å². The van der Waals surface area contributed by atoms with Crippen molar-refractivity contribution in [1.82, 2.24) is 25.3 Å². The van der Waals surface area contributed by atoms with Crippen molar-refractivity contribution >= 4 is 34.6 Å². The molecule has 7 nitrogen and oxygen atoms in total. The summed E-state index contributed by atoms with van der Waals surface area (Å²) < 4.78 is 0. The second kappa shape index (κ2) is 5.23. The van der Waals surface area contributed by atoms with Crippen molar-refractivity contribution in [2.45, 2.75) is 20.3 Å². The van der Waals surface area contributed by atoms with E-state index in [1.54, 1.807) is 0 Å². The lowest BCUT2D eigenvalue weighted by atomic mass is 9.75. The molecule has 3 N–H and O–H groups in total. The number of nitrogens with one attached hydrogen (secondary N) is 3. The van der Waals surface area contributed by atoms with Gasteiger partial charge in [-0.25, -0.2) is 4.98 Å². The van der Waals surface area contributed by atoms with Crippen molar-refractivity contribution in [2.75, 3.05) is 18.4 Å². The number of carbonyl (C=O) groups is 1. The molecule has 1 saturated heterocycles. The number of aromatic nitrogens is 4. The van der Waals surface area contributed by atoms with Crippen LogP contribution in [0.25, 0.3) is 11.2 Å². The molecule has 2 aromatic heterocycles. The minimum Gasteiger partial charge on any atom is -0.341 e. The third-order valence-electron chi connectivity index (χ3n) is 4.21. The highest BCUT2D eigenvalue weighted by atomic mass is 35.5. The van der Waals surface area contributed by atoms with Crippen molar-refractivity contribution in [1.29, 1.82) is 0 Å². The summed E-state index contributed by atoms with van der Waals surface area (Å²) in [7, 11) is 0. The Morgan fingerprint density at radius 3 is 2.95 bits per heavy atom. The lowest BCUT2D eigenvalue weighted by Crippen LogP contribution is -2.42. The average molecular weight is 309 g/mol. The fourth-order valence-electron chi connectivity index (χ4n) is 2.74. The van der Waals surface area contributed by atoms with E-state index in [4.69, 9.17) is 11.6 Å². The van der Waals surface area contributed by atoms with E-state index in [2.05, 4.69) is 44.4 Å². The minimum atomic E-state index is -0.434. The van der Waals surface area contributed by atoms with Crippen molar-refractivity contribution in [3.05, 3.63) is 11.5 Å². The summed E-state index contributed by atoms with van der Waals surface area (Å²) >= 11 is 6.06. The van der Waals surface area contributed by atoms with Gasteiger partial charge in [0.05, 0.1) is 11.7 Å². The van der Waals surface area contributed by atoms with Crippen LogP contribution in [-0.4, -0.2) is 38.9 Å². The number of amides is 1. The van der Waals surface area contributed by atoms with Crippen LogP contribution in [0.3, 0.4) is 0 Å². The molecule has 1 unspecified atom stereocenters.